The van der Waals surface area contributed by atoms with Gasteiger partial charge in [-0.15, -0.1) is 0 Å². The van der Waals surface area contributed by atoms with E-state index in [9.17, 15) is 14.3 Å². The normalized spacial score (nSPS) is 22.4. The second kappa shape index (κ2) is 7.03. The first-order valence-electron chi connectivity index (χ1n) is 8.98. The summed E-state index contributed by atoms with van der Waals surface area (Å²) in [5.74, 6) is -0.193. The molecule has 0 saturated heterocycles. The molecule has 1 amide bonds. The van der Waals surface area contributed by atoms with E-state index in [1.165, 1.54) is 12.1 Å². The number of hydrogen-bond acceptors (Lipinski definition) is 4. The number of aromatic nitrogens is 1. The third kappa shape index (κ3) is 3.29. The van der Waals surface area contributed by atoms with Crippen molar-refractivity contribution < 1.29 is 19.0 Å². The quantitative estimate of drug-likeness (QED) is 0.915. The SMILES string of the molecule is O=C1c2c(ccnc2O[C@@H]2CCCC[C@H]2O)CN1Cc1cccc(F)c1. The minimum atomic E-state index is -0.527. The molecule has 0 spiro atoms. The van der Waals surface area contributed by atoms with E-state index in [2.05, 4.69) is 4.98 Å². The second-order valence-electron chi connectivity index (χ2n) is 6.95. The molecule has 1 aliphatic carbocycles. The predicted octanol–water partition coefficient (Wildman–Crippen LogP) is 3.06. The maximum atomic E-state index is 13.4. The van der Waals surface area contributed by atoms with Crippen molar-refractivity contribution in [1.82, 2.24) is 9.88 Å². The summed E-state index contributed by atoms with van der Waals surface area (Å²) in [4.78, 5) is 18.8. The zero-order valence-electron chi connectivity index (χ0n) is 14.4. The Kier molecular flexibility index (Phi) is 4.59. The third-order valence-electron chi connectivity index (χ3n) is 5.06. The van der Waals surface area contributed by atoms with E-state index >= 15 is 0 Å². The second-order valence-corrected chi connectivity index (χ2v) is 6.95. The number of carbonyl (C=O) groups excluding carboxylic acids is 1. The van der Waals surface area contributed by atoms with Crippen molar-refractivity contribution in [2.45, 2.75) is 51.0 Å². The molecule has 2 aromatic rings. The Morgan fingerprint density at radius 1 is 1.27 bits per heavy atom. The number of halogens is 1. The Hall–Kier alpha value is -2.47. The van der Waals surface area contributed by atoms with Gasteiger partial charge in [-0.2, -0.15) is 0 Å². The molecule has 2 aliphatic rings. The molecule has 1 fully saturated rings. The molecule has 6 heteroatoms. The molecule has 1 aliphatic heterocycles. The van der Waals surface area contributed by atoms with Crippen molar-refractivity contribution in [2.75, 3.05) is 0 Å². The Labute approximate surface area is 151 Å². The van der Waals surface area contributed by atoms with Crippen LogP contribution in [0.2, 0.25) is 0 Å². The first-order valence-corrected chi connectivity index (χ1v) is 8.98. The number of aliphatic hydroxyl groups is 1. The van der Waals surface area contributed by atoms with Gasteiger partial charge in [0, 0.05) is 19.3 Å². The van der Waals surface area contributed by atoms with Gasteiger partial charge in [-0.25, -0.2) is 9.37 Å². The number of benzene rings is 1. The number of rotatable bonds is 4. The summed E-state index contributed by atoms with van der Waals surface area (Å²) in [7, 11) is 0. The molecule has 1 N–H and O–H groups in total. The number of nitrogens with zero attached hydrogens (tertiary/aromatic N) is 2. The molecular formula is C20H21FN2O3. The van der Waals surface area contributed by atoms with Gasteiger partial charge in [-0.1, -0.05) is 18.6 Å². The molecule has 1 saturated carbocycles. The number of ether oxygens (including phenoxy) is 1. The highest BCUT2D eigenvalue weighted by molar-refractivity contribution is 6.00. The lowest BCUT2D eigenvalue weighted by Crippen LogP contribution is -2.35. The molecule has 136 valence electrons. The van der Waals surface area contributed by atoms with Crippen LogP contribution in [0.3, 0.4) is 0 Å². The monoisotopic (exact) mass is 356 g/mol. The first-order chi connectivity index (χ1) is 12.6. The summed E-state index contributed by atoms with van der Waals surface area (Å²) in [6, 6.07) is 8.06. The van der Waals surface area contributed by atoms with Gasteiger partial charge >= 0.3 is 0 Å². The van der Waals surface area contributed by atoms with Crippen LogP contribution in [0.15, 0.2) is 36.5 Å². The van der Waals surface area contributed by atoms with Crippen molar-refractivity contribution in [1.29, 1.82) is 0 Å². The molecule has 26 heavy (non-hydrogen) atoms. The maximum Gasteiger partial charge on any atom is 0.260 e. The lowest BCUT2D eigenvalue weighted by molar-refractivity contribution is 0.00397. The van der Waals surface area contributed by atoms with Gasteiger partial charge in [0.15, 0.2) is 0 Å². The van der Waals surface area contributed by atoms with Gasteiger partial charge in [0.1, 0.15) is 17.5 Å². The fraction of sp³-hybridized carbons (Fsp3) is 0.400. The predicted molar refractivity (Wildman–Crippen MR) is 93.1 cm³/mol. The van der Waals surface area contributed by atoms with Crippen LogP contribution < -0.4 is 4.74 Å². The summed E-state index contributed by atoms with van der Waals surface area (Å²) < 4.78 is 19.3. The van der Waals surface area contributed by atoms with Crippen LogP contribution in [-0.2, 0) is 13.1 Å². The molecule has 4 rings (SSSR count). The zero-order chi connectivity index (χ0) is 18.1. The topological polar surface area (TPSA) is 62.7 Å². The number of carbonyl (C=O) groups is 1. The van der Waals surface area contributed by atoms with Crippen LogP contribution in [-0.4, -0.2) is 33.1 Å². The Bertz CT molecular complexity index is 826. The van der Waals surface area contributed by atoms with E-state index in [-0.39, 0.29) is 17.8 Å². The average molecular weight is 356 g/mol. The van der Waals surface area contributed by atoms with E-state index in [1.807, 2.05) is 6.07 Å². The standard InChI is InChI=1S/C20H21FN2O3/c21-15-5-3-4-13(10-15)11-23-12-14-8-9-22-19(18(14)20(23)25)26-17-7-2-1-6-16(17)24/h3-5,8-10,16-17,24H,1-2,6-7,11-12H2/t16-,17-/m1/s1. The van der Waals surface area contributed by atoms with Gasteiger partial charge in [0.05, 0.1) is 6.10 Å². The zero-order valence-corrected chi connectivity index (χ0v) is 14.4. The summed E-state index contributed by atoms with van der Waals surface area (Å²) in [5, 5.41) is 10.1. The van der Waals surface area contributed by atoms with Crippen molar-refractivity contribution >= 4 is 5.91 Å². The van der Waals surface area contributed by atoms with Crippen LogP contribution in [0.5, 0.6) is 5.88 Å². The lowest BCUT2D eigenvalue weighted by Gasteiger charge is -2.28. The fourth-order valence-electron chi connectivity index (χ4n) is 3.71. The summed E-state index contributed by atoms with van der Waals surface area (Å²) >= 11 is 0. The van der Waals surface area contributed by atoms with E-state index < -0.39 is 6.10 Å². The number of pyridine rings is 1. The smallest absolute Gasteiger partial charge is 0.260 e. The van der Waals surface area contributed by atoms with Crippen LogP contribution in [0.4, 0.5) is 4.39 Å². The fourth-order valence-corrected chi connectivity index (χ4v) is 3.71. The van der Waals surface area contributed by atoms with Gasteiger partial charge in [-0.05, 0) is 48.6 Å². The Morgan fingerprint density at radius 3 is 2.92 bits per heavy atom. The van der Waals surface area contributed by atoms with Crippen molar-refractivity contribution in [3.8, 4) is 5.88 Å². The first kappa shape index (κ1) is 17.0. The van der Waals surface area contributed by atoms with E-state index in [1.54, 1.807) is 23.2 Å². The number of amides is 1. The van der Waals surface area contributed by atoms with Crippen molar-refractivity contribution in [3.63, 3.8) is 0 Å². The highest BCUT2D eigenvalue weighted by Crippen LogP contribution is 2.32. The maximum absolute atomic E-state index is 13.4. The lowest BCUT2D eigenvalue weighted by atomic mass is 9.95. The molecule has 0 radical (unpaired) electrons. The average Bonchev–Trinajstić information content (AvgIpc) is 2.94. The summed E-state index contributed by atoms with van der Waals surface area (Å²) in [6.45, 7) is 0.771. The Morgan fingerprint density at radius 2 is 2.12 bits per heavy atom. The van der Waals surface area contributed by atoms with Gasteiger partial charge < -0.3 is 14.7 Å². The molecule has 0 unspecified atom stereocenters. The largest absolute Gasteiger partial charge is 0.471 e. The number of fused-ring (bicyclic) bond motifs is 1. The van der Waals surface area contributed by atoms with E-state index in [4.69, 9.17) is 4.74 Å². The van der Waals surface area contributed by atoms with Crippen LogP contribution in [0.25, 0.3) is 0 Å². The summed E-state index contributed by atoms with van der Waals surface area (Å²) in [6.07, 6.45) is 4.22. The molecular weight excluding hydrogens is 335 g/mol. The molecule has 1 aromatic heterocycles. The van der Waals surface area contributed by atoms with Crippen LogP contribution >= 0.6 is 0 Å². The van der Waals surface area contributed by atoms with E-state index in [0.717, 1.165) is 30.4 Å². The highest BCUT2D eigenvalue weighted by Gasteiger charge is 2.34. The molecule has 1 aromatic carbocycles. The molecule has 2 heterocycles. The summed E-state index contributed by atoms with van der Waals surface area (Å²) in [5.41, 5.74) is 2.05. The van der Waals surface area contributed by atoms with Gasteiger partial charge in [-0.3, -0.25) is 4.79 Å². The van der Waals surface area contributed by atoms with Crippen molar-refractivity contribution in [3.05, 3.63) is 59.0 Å². The Balaban J connectivity index is 1.54. The van der Waals surface area contributed by atoms with Crippen LogP contribution in [0.1, 0.15) is 47.2 Å². The highest BCUT2D eigenvalue weighted by atomic mass is 19.1. The number of hydrogen-bond donors (Lipinski definition) is 1. The van der Waals surface area contributed by atoms with Gasteiger partial charge in [0.25, 0.3) is 5.91 Å². The van der Waals surface area contributed by atoms with Crippen LogP contribution in [0, 0.1) is 5.82 Å². The minimum absolute atomic E-state index is 0.169. The molecule has 2 atom stereocenters. The van der Waals surface area contributed by atoms with Crippen molar-refractivity contribution in [2.24, 2.45) is 0 Å². The third-order valence-corrected chi connectivity index (χ3v) is 5.06. The molecule has 0 bridgehead atoms. The van der Waals surface area contributed by atoms with Gasteiger partial charge in [0.2, 0.25) is 5.88 Å². The van der Waals surface area contributed by atoms with E-state index in [0.29, 0.717) is 31.0 Å². The molecule has 5 nitrogen and oxygen atoms in total. The number of aliphatic hydroxyl groups excluding tert-OH is 1. The minimum Gasteiger partial charge on any atom is -0.471 e.